The van der Waals surface area contributed by atoms with Crippen molar-refractivity contribution in [3.8, 4) is 0 Å². The van der Waals surface area contributed by atoms with Crippen LogP contribution in [0.2, 0.25) is 5.02 Å². The Bertz CT molecular complexity index is 758. The molecule has 0 saturated carbocycles. The van der Waals surface area contributed by atoms with Crippen LogP contribution in [0.1, 0.15) is 29.6 Å². The summed E-state index contributed by atoms with van der Waals surface area (Å²) in [6.07, 6.45) is 3.39. The monoisotopic (exact) mass is 373 g/mol. The summed E-state index contributed by atoms with van der Waals surface area (Å²) in [7, 11) is 0. The number of para-hydroxylation sites is 1. The lowest BCUT2D eigenvalue weighted by Gasteiger charge is -2.26. The average Bonchev–Trinajstić information content (AvgIpc) is 2.64. The maximum absolute atomic E-state index is 12.5. The van der Waals surface area contributed by atoms with Crippen LogP contribution in [-0.2, 0) is 0 Å². The first-order valence-electron chi connectivity index (χ1n) is 8.35. The molecule has 3 rings (SSSR count). The smallest absolute Gasteiger partial charge is 0.253 e. The predicted octanol–water partition coefficient (Wildman–Crippen LogP) is 4.78. The molecule has 1 fully saturated rings. The number of hydrogen-bond donors (Lipinski definition) is 2. The van der Waals surface area contributed by atoms with Crippen molar-refractivity contribution in [3.63, 3.8) is 0 Å². The number of carbonyl (C=O) groups excluding carboxylic acids is 1. The van der Waals surface area contributed by atoms with Crippen molar-refractivity contribution < 1.29 is 4.79 Å². The number of thiocarbonyl (C=S) groups is 1. The van der Waals surface area contributed by atoms with E-state index in [1.807, 2.05) is 47.4 Å². The number of hydrogen-bond acceptors (Lipinski definition) is 2. The summed E-state index contributed by atoms with van der Waals surface area (Å²) >= 11 is 11.4. The standard InChI is InChI=1S/C19H20ClN3OS/c20-16-6-2-3-7-17(16)22-19(25)21-15-10-8-14(9-11-15)18(24)23-12-4-1-5-13-23/h2-3,6-11H,1,4-5,12-13H2,(H2,21,22,25). The Morgan fingerprint density at radius 2 is 1.64 bits per heavy atom. The molecule has 2 aromatic carbocycles. The molecule has 2 aromatic rings. The van der Waals surface area contributed by atoms with Gasteiger partial charge in [-0.1, -0.05) is 23.7 Å². The second-order valence-corrected chi connectivity index (χ2v) is 6.80. The first-order chi connectivity index (χ1) is 12.1. The quantitative estimate of drug-likeness (QED) is 0.760. The van der Waals surface area contributed by atoms with Gasteiger partial charge in [0.2, 0.25) is 0 Å². The van der Waals surface area contributed by atoms with E-state index in [4.69, 9.17) is 23.8 Å². The van der Waals surface area contributed by atoms with E-state index in [2.05, 4.69) is 10.6 Å². The van der Waals surface area contributed by atoms with E-state index in [-0.39, 0.29) is 5.91 Å². The van der Waals surface area contributed by atoms with Gasteiger partial charge in [-0.2, -0.15) is 0 Å². The zero-order valence-electron chi connectivity index (χ0n) is 13.8. The SMILES string of the molecule is O=C(c1ccc(NC(=S)Nc2ccccc2Cl)cc1)N1CCCCC1. The second kappa shape index (κ2) is 8.32. The fourth-order valence-electron chi connectivity index (χ4n) is 2.82. The van der Waals surface area contributed by atoms with Gasteiger partial charge in [0.05, 0.1) is 10.7 Å². The highest BCUT2D eigenvalue weighted by Crippen LogP contribution is 2.21. The zero-order valence-corrected chi connectivity index (χ0v) is 15.4. The lowest BCUT2D eigenvalue weighted by atomic mass is 10.1. The highest BCUT2D eigenvalue weighted by atomic mass is 35.5. The van der Waals surface area contributed by atoms with E-state index in [1.54, 1.807) is 6.07 Å². The average molecular weight is 374 g/mol. The molecule has 25 heavy (non-hydrogen) atoms. The predicted molar refractivity (Wildman–Crippen MR) is 107 cm³/mol. The van der Waals surface area contributed by atoms with E-state index >= 15 is 0 Å². The number of likely N-dealkylation sites (tertiary alicyclic amines) is 1. The number of nitrogens with zero attached hydrogens (tertiary/aromatic N) is 1. The molecule has 0 unspecified atom stereocenters. The van der Waals surface area contributed by atoms with Gasteiger partial charge in [-0.3, -0.25) is 4.79 Å². The van der Waals surface area contributed by atoms with Gasteiger partial charge in [0.15, 0.2) is 5.11 Å². The summed E-state index contributed by atoms with van der Waals surface area (Å²) in [5, 5.41) is 7.21. The summed E-state index contributed by atoms with van der Waals surface area (Å²) in [4.78, 5) is 14.4. The Morgan fingerprint density at radius 1 is 0.960 bits per heavy atom. The minimum Gasteiger partial charge on any atom is -0.339 e. The van der Waals surface area contributed by atoms with Gasteiger partial charge in [0, 0.05) is 24.3 Å². The van der Waals surface area contributed by atoms with Crippen LogP contribution in [0.3, 0.4) is 0 Å². The first-order valence-corrected chi connectivity index (χ1v) is 9.14. The molecule has 1 amide bonds. The highest BCUT2D eigenvalue weighted by Gasteiger charge is 2.17. The van der Waals surface area contributed by atoms with Crippen LogP contribution < -0.4 is 10.6 Å². The molecule has 1 heterocycles. The number of nitrogens with one attached hydrogen (secondary N) is 2. The van der Waals surface area contributed by atoms with Gasteiger partial charge in [-0.15, -0.1) is 0 Å². The lowest BCUT2D eigenvalue weighted by Crippen LogP contribution is -2.35. The summed E-state index contributed by atoms with van der Waals surface area (Å²) < 4.78 is 0. The zero-order chi connectivity index (χ0) is 17.6. The molecule has 0 aliphatic carbocycles. The Kier molecular flexibility index (Phi) is 5.89. The topological polar surface area (TPSA) is 44.4 Å². The third kappa shape index (κ3) is 4.71. The van der Waals surface area contributed by atoms with Crippen LogP contribution in [0.15, 0.2) is 48.5 Å². The van der Waals surface area contributed by atoms with Crippen LogP contribution in [-0.4, -0.2) is 29.0 Å². The summed E-state index contributed by atoms with van der Waals surface area (Å²) in [6, 6.07) is 14.8. The molecular formula is C19H20ClN3OS. The maximum atomic E-state index is 12.5. The van der Waals surface area contributed by atoms with Crippen molar-refractivity contribution in [2.75, 3.05) is 23.7 Å². The Hall–Kier alpha value is -2.11. The largest absolute Gasteiger partial charge is 0.339 e. The molecule has 1 saturated heterocycles. The normalized spacial score (nSPS) is 14.0. The number of rotatable bonds is 3. The molecule has 1 aliphatic heterocycles. The minimum atomic E-state index is 0.100. The second-order valence-electron chi connectivity index (χ2n) is 5.99. The number of piperidine rings is 1. The molecule has 2 N–H and O–H groups in total. The molecule has 1 aliphatic rings. The van der Waals surface area contributed by atoms with Gasteiger partial charge in [-0.05, 0) is 67.9 Å². The van der Waals surface area contributed by atoms with Crippen molar-refractivity contribution in [2.45, 2.75) is 19.3 Å². The fraction of sp³-hybridized carbons (Fsp3) is 0.263. The third-order valence-electron chi connectivity index (χ3n) is 4.16. The van der Waals surface area contributed by atoms with Crippen molar-refractivity contribution >= 4 is 46.2 Å². The maximum Gasteiger partial charge on any atom is 0.253 e. The Morgan fingerprint density at radius 3 is 2.32 bits per heavy atom. The van der Waals surface area contributed by atoms with Gasteiger partial charge >= 0.3 is 0 Å². The Balaban J connectivity index is 1.59. The minimum absolute atomic E-state index is 0.100. The van der Waals surface area contributed by atoms with Crippen molar-refractivity contribution in [2.24, 2.45) is 0 Å². The number of halogens is 1. The molecule has 4 nitrogen and oxygen atoms in total. The van der Waals surface area contributed by atoms with E-state index in [1.165, 1.54) is 6.42 Å². The summed E-state index contributed by atoms with van der Waals surface area (Å²) in [6.45, 7) is 1.70. The number of benzene rings is 2. The van der Waals surface area contributed by atoms with Crippen LogP contribution in [0.5, 0.6) is 0 Å². The number of carbonyl (C=O) groups is 1. The molecule has 0 spiro atoms. The fourth-order valence-corrected chi connectivity index (χ4v) is 3.23. The molecular weight excluding hydrogens is 354 g/mol. The van der Waals surface area contributed by atoms with Gasteiger partial charge < -0.3 is 15.5 Å². The van der Waals surface area contributed by atoms with E-state index in [0.717, 1.165) is 37.3 Å². The molecule has 0 aromatic heterocycles. The van der Waals surface area contributed by atoms with Crippen LogP contribution in [0.4, 0.5) is 11.4 Å². The van der Waals surface area contributed by atoms with Crippen molar-refractivity contribution in [1.82, 2.24) is 4.90 Å². The van der Waals surface area contributed by atoms with E-state index < -0.39 is 0 Å². The van der Waals surface area contributed by atoms with Crippen LogP contribution in [0.25, 0.3) is 0 Å². The number of amides is 1. The lowest BCUT2D eigenvalue weighted by molar-refractivity contribution is 0.0724. The van der Waals surface area contributed by atoms with Gasteiger partial charge in [-0.25, -0.2) is 0 Å². The third-order valence-corrected chi connectivity index (χ3v) is 4.69. The van der Waals surface area contributed by atoms with Crippen LogP contribution in [0, 0.1) is 0 Å². The summed E-state index contributed by atoms with van der Waals surface area (Å²) in [5.41, 5.74) is 2.27. The van der Waals surface area contributed by atoms with Gasteiger partial charge in [0.1, 0.15) is 0 Å². The summed E-state index contributed by atoms with van der Waals surface area (Å²) in [5.74, 6) is 0.100. The van der Waals surface area contributed by atoms with E-state index in [9.17, 15) is 4.79 Å². The molecule has 0 bridgehead atoms. The van der Waals surface area contributed by atoms with Crippen molar-refractivity contribution in [1.29, 1.82) is 0 Å². The van der Waals surface area contributed by atoms with E-state index in [0.29, 0.717) is 15.7 Å². The molecule has 130 valence electrons. The highest BCUT2D eigenvalue weighted by molar-refractivity contribution is 7.80. The first kappa shape index (κ1) is 17.7. The molecule has 0 atom stereocenters. The van der Waals surface area contributed by atoms with Crippen molar-refractivity contribution in [3.05, 3.63) is 59.1 Å². The van der Waals surface area contributed by atoms with Crippen LogP contribution >= 0.6 is 23.8 Å². The molecule has 0 radical (unpaired) electrons. The van der Waals surface area contributed by atoms with Gasteiger partial charge in [0.25, 0.3) is 5.91 Å². The number of anilines is 2. The Labute approximate surface area is 158 Å². The molecule has 6 heteroatoms.